The number of hydrogen-bond donors (Lipinski definition) is 0. The summed E-state index contributed by atoms with van der Waals surface area (Å²) in [7, 11) is -1.55. The highest BCUT2D eigenvalue weighted by Gasteiger charge is 2.42. The van der Waals surface area contributed by atoms with Crippen LogP contribution in [0.5, 0.6) is 0 Å². The Bertz CT molecular complexity index is 464. The molecule has 0 fully saturated rings. The molecule has 1 aromatic rings. The molecule has 1 aromatic carbocycles. The summed E-state index contributed by atoms with van der Waals surface area (Å²) >= 11 is 0. The van der Waals surface area contributed by atoms with Crippen LogP contribution in [0, 0.1) is 11.5 Å². The zero-order valence-electron chi connectivity index (χ0n) is 12.6. The Balaban J connectivity index is 2.46. The largest absolute Gasteiger partial charge is 0.102 e. The molecule has 1 radical (unpaired) electrons. The van der Waals surface area contributed by atoms with Gasteiger partial charge in [0.25, 0.3) is 0 Å². The van der Waals surface area contributed by atoms with Gasteiger partial charge in [0, 0.05) is 5.54 Å². The summed E-state index contributed by atoms with van der Waals surface area (Å²) in [5.41, 5.74) is 3.23. The molecule has 0 heterocycles. The normalized spacial score (nSPS) is 16.2. The molecule has 0 aromatic heterocycles. The first-order valence-corrected chi connectivity index (χ1v) is 9.88. The summed E-state index contributed by atoms with van der Waals surface area (Å²) in [5, 5.41) is 1.59. The summed E-state index contributed by atoms with van der Waals surface area (Å²) in [6, 6.07) is 13.8. The maximum absolute atomic E-state index is 2.39. The molecule has 0 atom stereocenters. The van der Waals surface area contributed by atoms with Crippen LogP contribution in [-0.4, -0.2) is 8.07 Å². The average Bonchev–Trinajstić information content (AvgIpc) is 2.92. The molecule has 1 heteroatoms. The molecule has 2 rings (SSSR count). The van der Waals surface area contributed by atoms with Crippen molar-refractivity contribution in [2.75, 3.05) is 0 Å². The third-order valence-corrected chi connectivity index (χ3v) is 9.86. The van der Waals surface area contributed by atoms with Crippen molar-refractivity contribution in [1.82, 2.24) is 0 Å². The van der Waals surface area contributed by atoms with Crippen LogP contribution in [0.25, 0.3) is 0 Å². The van der Waals surface area contributed by atoms with Gasteiger partial charge in [-0.2, -0.15) is 0 Å². The molecule has 0 saturated heterocycles. The minimum absolute atomic E-state index is 0.624. The van der Waals surface area contributed by atoms with E-state index in [1.165, 1.54) is 12.1 Å². The summed E-state index contributed by atoms with van der Waals surface area (Å²) in [4.78, 5) is 0. The Morgan fingerprint density at radius 1 is 1.00 bits per heavy atom. The third-order valence-electron chi connectivity index (χ3n) is 4.52. The maximum Gasteiger partial charge on any atom is 0.102 e. The van der Waals surface area contributed by atoms with E-state index in [4.69, 9.17) is 0 Å². The van der Waals surface area contributed by atoms with Gasteiger partial charge in [0.2, 0.25) is 0 Å². The van der Waals surface area contributed by atoms with E-state index in [-0.39, 0.29) is 0 Å². The Kier molecular flexibility index (Phi) is 4.46. The summed E-state index contributed by atoms with van der Waals surface area (Å²) in [6.07, 6.45) is 6.97. The van der Waals surface area contributed by atoms with Crippen LogP contribution in [0.4, 0.5) is 0 Å². The minimum Gasteiger partial charge on any atom is -0.0757 e. The second-order valence-corrected chi connectivity index (χ2v) is 10.4. The molecule has 1 aliphatic carbocycles. The minimum atomic E-state index is -1.55. The molecular formula is C18H25Si. The summed E-state index contributed by atoms with van der Waals surface area (Å²) in [5.74, 6) is 0.624. The lowest BCUT2D eigenvalue weighted by Crippen LogP contribution is -2.52. The highest BCUT2D eigenvalue weighted by Crippen LogP contribution is 2.39. The molecule has 0 spiro atoms. The van der Waals surface area contributed by atoms with Gasteiger partial charge in [-0.3, -0.25) is 0 Å². The lowest BCUT2D eigenvalue weighted by molar-refractivity contribution is 0.775. The predicted octanol–water partition coefficient (Wildman–Crippen LogP) is 4.65. The molecule has 0 unspecified atom stereocenters. The quantitative estimate of drug-likeness (QED) is 0.683. The van der Waals surface area contributed by atoms with E-state index in [9.17, 15) is 0 Å². The van der Waals surface area contributed by atoms with E-state index in [1.54, 1.807) is 16.3 Å². The SMILES string of the molecule is CC[Si](CC)([C]1C=CC=C1C(C)C)c1ccccc1. The van der Waals surface area contributed by atoms with Crippen LogP contribution in [0.1, 0.15) is 27.7 Å². The van der Waals surface area contributed by atoms with E-state index in [0.717, 1.165) is 0 Å². The first kappa shape index (κ1) is 14.3. The van der Waals surface area contributed by atoms with Crippen LogP contribution in [-0.2, 0) is 0 Å². The van der Waals surface area contributed by atoms with E-state index < -0.39 is 8.07 Å². The van der Waals surface area contributed by atoms with Gasteiger partial charge in [-0.05, 0) is 5.92 Å². The van der Waals surface area contributed by atoms with Crippen molar-refractivity contribution in [3.63, 3.8) is 0 Å². The van der Waals surface area contributed by atoms with Crippen LogP contribution in [0.15, 0.2) is 54.1 Å². The number of hydrogen-bond acceptors (Lipinski definition) is 0. The van der Waals surface area contributed by atoms with Crippen LogP contribution in [0.3, 0.4) is 0 Å². The Morgan fingerprint density at radius 3 is 2.16 bits per heavy atom. The van der Waals surface area contributed by atoms with Crippen molar-refractivity contribution >= 4 is 13.3 Å². The standard InChI is InChI=1S/C18H25Si/c1-5-19(6-2,16-11-8-7-9-12-16)18-14-10-13-17(18)15(3)4/h7-15H,5-6H2,1-4H3. The van der Waals surface area contributed by atoms with Crippen molar-refractivity contribution in [3.05, 3.63) is 59.7 Å². The van der Waals surface area contributed by atoms with Crippen molar-refractivity contribution in [2.24, 2.45) is 5.92 Å². The van der Waals surface area contributed by atoms with Gasteiger partial charge in [-0.25, -0.2) is 0 Å². The van der Waals surface area contributed by atoms with Gasteiger partial charge >= 0.3 is 0 Å². The van der Waals surface area contributed by atoms with E-state index in [2.05, 4.69) is 76.3 Å². The smallest absolute Gasteiger partial charge is 0.0757 e. The molecule has 0 saturated carbocycles. The fourth-order valence-corrected chi connectivity index (χ4v) is 7.88. The zero-order chi connectivity index (χ0) is 13.9. The molecule has 0 aliphatic heterocycles. The average molecular weight is 269 g/mol. The monoisotopic (exact) mass is 269 g/mol. The van der Waals surface area contributed by atoms with Crippen LogP contribution in [0.2, 0.25) is 12.1 Å². The lowest BCUT2D eigenvalue weighted by atomic mass is 10.0. The number of benzene rings is 1. The zero-order valence-corrected chi connectivity index (χ0v) is 13.6. The van der Waals surface area contributed by atoms with Crippen molar-refractivity contribution in [1.29, 1.82) is 0 Å². The fourth-order valence-electron chi connectivity index (χ4n) is 3.33. The van der Waals surface area contributed by atoms with Gasteiger partial charge < -0.3 is 0 Å². The van der Waals surface area contributed by atoms with Crippen LogP contribution < -0.4 is 5.19 Å². The van der Waals surface area contributed by atoms with Crippen molar-refractivity contribution in [2.45, 2.75) is 39.8 Å². The Labute approximate surface area is 119 Å². The summed E-state index contributed by atoms with van der Waals surface area (Å²) in [6.45, 7) is 9.38. The van der Waals surface area contributed by atoms with Crippen molar-refractivity contribution < 1.29 is 0 Å². The van der Waals surface area contributed by atoms with Gasteiger partial charge in [-0.15, -0.1) is 0 Å². The number of allylic oxidation sites excluding steroid dienone is 4. The van der Waals surface area contributed by atoms with Gasteiger partial charge in [0.05, 0.1) is 0 Å². The van der Waals surface area contributed by atoms with Gasteiger partial charge in [0.1, 0.15) is 8.07 Å². The second-order valence-electron chi connectivity index (χ2n) is 5.70. The first-order valence-electron chi connectivity index (χ1n) is 7.47. The van der Waals surface area contributed by atoms with E-state index >= 15 is 0 Å². The highest BCUT2D eigenvalue weighted by molar-refractivity contribution is 6.97. The Morgan fingerprint density at radius 2 is 1.63 bits per heavy atom. The summed E-state index contributed by atoms with van der Waals surface area (Å²) < 4.78 is 0. The van der Waals surface area contributed by atoms with Gasteiger partial charge in [0.15, 0.2) is 0 Å². The topological polar surface area (TPSA) is 0 Å². The molecule has 0 bridgehead atoms. The predicted molar refractivity (Wildman–Crippen MR) is 88.1 cm³/mol. The third kappa shape index (κ3) is 2.49. The maximum atomic E-state index is 2.39. The van der Waals surface area contributed by atoms with Crippen molar-refractivity contribution in [3.8, 4) is 0 Å². The second kappa shape index (κ2) is 5.92. The molecule has 0 N–H and O–H groups in total. The molecule has 0 nitrogen and oxygen atoms in total. The van der Waals surface area contributed by atoms with Gasteiger partial charge in [-0.1, -0.05) is 99.1 Å². The molecule has 19 heavy (non-hydrogen) atoms. The molecular weight excluding hydrogens is 244 g/mol. The molecule has 1 aliphatic rings. The molecule has 0 amide bonds. The van der Waals surface area contributed by atoms with E-state index in [1.807, 2.05) is 0 Å². The van der Waals surface area contributed by atoms with E-state index in [0.29, 0.717) is 5.92 Å². The molecule has 101 valence electrons. The first-order chi connectivity index (χ1) is 9.15. The Hall–Kier alpha value is -1.08. The van der Waals surface area contributed by atoms with Crippen LogP contribution >= 0.6 is 0 Å². The number of rotatable bonds is 5. The lowest BCUT2D eigenvalue weighted by Gasteiger charge is -2.37. The fraction of sp³-hybridized carbons (Fsp3) is 0.389. The highest BCUT2D eigenvalue weighted by atomic mass is 28.3.